The molecule has 0 unspecified atom stereocenters. The van der Waals surface area contributed by atoms with Gasteiger partial charge < -0.3 is 9.47 Å². The van der Waals surface area contributed by atoms with Crippen LogP contribution in [0.3, 0.4) is 0 Å². The van der Waals surface area contributed by atoms with Crippen LogP contribution >= 0.6 is 0 Å². The van der Waals surface area contributed by atoms with Gasteiger partial charge in [-0.25, -0.2) is 0 Å². The number of benzene rings is 9. The van der Waals surface area contributed by atoms with Crippen molar-refractivity contribution in [1.29, 1.82) is 0 Å². The first-order valence-corrected chi connectivity index (χ1v) is 20.2. The highest BCUT2D eigenvalue weighted by atomic mass is 15.1. The van der Waals surface area contributed by atoms with Crippen LogP contribution < -0.4 is 4.90 Å². The molecule has 2 heteroatoms. The fraction of sp³-hybridized carbons (Fsp3) is 0.0357. The van der Waals surface area contributed by atoms with Crippen molar-refractivity contribution in [3.63, 3.8) is 0 Å². The third kappa shape index (κ3) is 5.81. The van der Waals surface area contributed by atoms with Crippen LogP contribution in [0.2, 0.25) is 0 Å². The van der Waals surface area contributed by atoms with Gasteiger partial charge in [-0.15, -0.1) is 0 Å². The van der Waals surface area contributed by atoms with Crippen LogP contribution in [0.25, 0.3) is 77.6 Å². The van der Waals surface area contributed by atoms with Crippen LogP contribution in [0.15, 0.2) is 212 Å². The number of hydrogen-bond donors (Lipinski definition) is 0. The van der Waals surface area contributed by atoms with E-state index in [-0.39, 0.29) is 0 Å². The van der Waals surface area contributed by atoms with E-state index in [2.05, 4.69) is 228 Å². The predicted octanol–water partition coefficient (Wildman–Crippen LogP) is 15.4. The molecule has 1 aromatic heterocycles. The molecule has 0 saturated heterocycles. The molecule has 274 valence electrons. The number of anilines is 3. The van der Waals surface area contributed by atoms with E-state index in [0.717, 1.165) is 29.9 Å². The molecule has 0 bridgehead atoms. The summed E-state index contributed by atoms with van der Waals surface area (Å²) in [6, 6.07) is 75.4. The molecule has 0 atom stereocenters. The van der Waals surface area contributed by atoms with E-state index >= 15 is 0 Å². The lowest BCUT2D eigenvalue weighted by atomic mass is 9.96. The Morgan fingerprint density at radius 2 is 1.00 bits per heavy atom. The van der Waals surface area contributed by atoms with Crippen LogP contribution in [0.5, 0.6) is 0 Å². The van der Waals surface area contributed by atoms with Gasteiger partial charge in [0.25, 0.3) is 0 Å². The number of hydrogen-bond acceptors (Lipinski definition) is 1. The summed E-state index contributed by atoms with van der Waals surface area (Å²) in [5.74, 6) is 0. The number of allylic oxidation sites excluding steroid dienone is 1. The fourth-order valence-electron chi connectivity index (χ4n) is 9.18. The van der Waals surface area contributed by atoms with Gasteiger partial charge in [-0.3, -0.25) is 0 Å². The Hall–Kier alpha value is -7.42. The van der Waals surface area contributed by atoms with Crippen molar-refractivity contribution < 1.29 is 0 Å². The summed E-state index contributed by atoms with van der Waals surface area (Å²) in [6.45, 7) is 0. The monoisotopic (exact) mass is 740 g/mol. The lowest BCUT2D eigenvalue weighted by Gasteiger charge is -2.29. The molecule has 0 fully saturated rings. The summed E-state index contributed by atoms with van der Waals surface area (Å²) in [5.41, 5.74) is 15.7. The Morgan fingerprint density at radius 3 is 1.78 bits per heavy atom. The van der Waals surface area contributed by atoms with Crippen LogP contribution in [0.4, 0.5) is 17.1 Å². The molecule has 0 spiro atoms. The van der Waals surface area contributed by atoms with E-state index in [1.807, 2.05) is 0 Å². The van der Waals surface area contributed by atoms with Crippen molar-refractivity contribution in [2.75, 3.05) is 4.90 Å². The van der Waals surface area contributed by atoms with Gasteiger partial charge in [0.15, 0.2) is 0 Å². The topological polar surface area (TPSA) is 8.17 Å². The maximum atomic E-state index is 2.48. The highest BCUT2D eigenvalue weighted by Crippen LogP contribution is 2.44. The minimum absolute atomic E-state index is 1.02. The van der Waals surface area contributed by atoms with E-state index in [9.17, 15) is 0 Å². The minimum atomic E-state index is 1.02. The quantitative estimate of drug-likeness (QED) is 0.158. The maximum absolute atomic E-state index is 2.48. The highest BCUT2D eigenvalue weighted by Gasteiger charge is 2.21. The molecule has 0 saturated carbocycles. The van der Waals surface area contributed by atoms with Crippen LogP contribution in [0, 0.1) is 0 Å². The van der Waals surface area contributed by atoms with Crippen molar-refractivity contribution in [2.45, 2.75) is 12.8 Å². The van der Waals surface area contributed by atoms with Gasteiger partial charge in [-0.2, -0.15) is 0 Å². The molecule has 0 radical (unpaired) electrons. The summed E-state index contributed by atoms with van der Waals surface area (Å²) in [5, 5.41) is 6.31. The van der Waals surface area contributed by atoms with E-state index in [1.54, 1.807) is 0 Å². The third-order valence-electron chi connectivity index (χ3n) is 11.8. The number of aromatic nitrogens is 1. The Morgan fingerprint density at radius 1 is 0.414 bits per heavy atom. The van der Waals surface area contributed by atoms with Crippen molar-refractivity contribution in [3.8, 4) is 39.1 Å². The lowest BCUT2D eigenvalue weighted by Crippen LogP contribution is -2.11. The molecule has 0 aliphatic heterocycles. The first-order chi connectivity index (χ1) is 28.8. The molecule has 9 aromatic carbocycles. The van der Waals surface area contributed by atoms with Crippen LogP contribution in [-0.2, 0) is 6.42 Å². The SMILES string of the molecule is C1=Cc2c(n(-c3cccc(-c4ccccc4N(c4ccc(-c5cccc6ccccc56)cc4)c4cccc(-c5cccc6ccccc56)c4)c3)c3ccccc23)CC1. The molecule has 58 heavy (non-hydrogen) atoms. The summed E-state index contributed by atoms with van der Waals surface area (Å²) in [7, 11) is 0. The van der Waals surface area contributed by atoms with Gasteiger partial charge in [0.05, 0.1) is 11.2 Å². The van der Waals surface area contributed by atoms with E-state index in [1.165, 1.54) is 82.8 Å². The molecule has 11 rings (SSSR count). The Balaban J connectivity index is 1.08. The zero-order valence-electron chi connectivity index (χ0n) is 32.1. The zero-order valence-corrected chi connectivity index (χ0v) is 32.1. The Bertz CT molecular complexity index is 3170. The molecule has 0 N–H and O–H groups in total. The first kappa shape index (κ1) is 33.9. The molecular weight excluding hydrogens is 701 g/mol. The summed E-state index contributed by atoms with van der Waals surface area (Å²) in [6.07, 6.45) is 6.70. The molecule has 1 aliphatic rings. The molecule has 10 aromatic rings. The smallest absolute Gasteiger partial charge is 0.0540 e. The van der Waals surface area contributed by atoms with E-state index in [4.69, 9.17) is 0 Å². The fourth-order valence-corrected chi connectivity index (χ4v) is 9.18. The standard InChI is InChI=1S/C56H40N2/c1-3-23-47-39(15-1)17-13-28-49(47)41-33-35-44(36-34-41)57(45-21-11-19-42(37-45)50-29-14-18-40-16-2-4-24-48(40)50)54-30-8-5-25-51(54)43-20-12-22-46(38-43)58-55-31-9-6-26-52(55)53-27-7-10-32-56(53)58/h1-9,11-31,33-38H,10,32H2. The summed E-state index contributed by atoms with van der Waals surface area (Å²) in [4.78, 5) is 2.43. The number of rotatable bonds is 7. The molecule has 0 amide bonds. The van der Waals surface area contributed by atoms with Crippen molar-refractivity contribution in [2.24, 2.45) is 0 Å². The minimum Gasteiger partial charge on any atom is -0.313 e. The molecule has 1 heterocycles. The van der Waals surface area contributed by atoms with Crippen LogP contribution in [-0.4, -0.2) is 4.57 Å². The first-order valence-electron chi connectivity index (χ1n) is 20.2. The third-order valence-corrected chi connectivity index (χ3v) is 11.8. The molecule has 1 aliphatic carbocycles. The maximum Gasteiger partial charge on any atom is 0.0540 e. The van der Waals surface area contributed by atoms with Gasteiger partial charge in [0.1, 0.15) is 0 Å². The van der Waals surface area contributed by atoms with Crippen molar-refractivity contribution in [1.82, 2.24) is 4.57 Å². The Labute approximate surface area is 339 Å². The van der Waals surface area contributed by atoms with Gasteiger partial charge in [0.2, 0.25) is 0 Å². The zero-order chi connectivity index (χ0) is 38.4. The average Bonchev–Trinajstić information content (AvgIpc) is 3.64. The Kier molecular flexibility index (Phi) is 8.33. The second-order valence-electron chi connectivity index (χ2n) is 15.2. The summed E-state index contributed by atoms with van der Waals surface area (Å²) >= 11 is 0. The normalized spacial score (nSPS) is 12.3. The largest absolute Gasteiger partial charge is 0.313 e. The van der Waals surface area contributed by atoms with Gasteiger partial charge in [-0.05, 0) is 111 Å². The van der Waals surface area contributed by atoms with Crippen molar-refractivity contribution >= 4 is 55.6 Å². The van der Waals surface area contributed by atoms with E-state index < -0.39 is 0 Å². The lowest BCUT2D eigenvalue weighted by molar-refractivity contribution is 0.889. The average molecular weight is 741 g/mol. The van der Waals surface area contributed by atoms with Gasteiger partial charge in [0, 0.05) is 39.3 Å². The summed E-state index contributed by atoms with van der Waals surface area (Å²) < 4.78 is 2.48. The van der Waals surface area contributed by atoms with Gasteiger partial charge in [-0.1, -0.05) is 170 Å². The molecule has 2 nitrogen and oxygen atoms in total. The second kappa shape index (κ2) is 14.3. The van der Waals surface area contributed by atoms with Crippen molar-refractivity contribution in [3.05, 3.63) is 224 Å². The number of para-hydroxylation sites is 2. The van der Waals surface area contributed by atoms with E-state index in [0.29, 0.717) is 0 Å². The predicted molar refractivity (Wildman–Crippen MR) is 247 cm³/mol. The van der Waals surface area contributed by atoms with Gasteiger partial charge >= 0.3 is 0 Å². The van der Waals surface area contributed by atoms with Crippen LogP contribution in [0.1, 0.15) is 17.7 Å². The molecular formula is C56H40N2. The number of nitrogens with zero attached hydrogens (tertiary/aromatic N) is 2. The highest BCUT2D eigenvalue weighted by molar-refractivity contribution is 6.00. The number of fused-ring (bicyclic) bond motifs is 5. The second-order valence-corrected chi connectivity index (χ2v) is 15.2.